The molecule has 2 saturated carbocycles. The van der Waals surface area contributed by atoms with Crippen LogP contribution in [0.15, 0.2) is 60.9 Å². The second-order valence-corrected chi connectivity index (χ2v) is 14.4. The summed E-state index contributed by atoms with van der Waals surface area (Å²) in [6.45, 7) is 11.0. The summed E-state index contributed by atoms with van der Waals surface area (Å²) in [5.41, 5.74) is 11.3. The van der Waals surface area contributed by atoms with Gasteiger partial charge in [-0.1, -0.05) is 44.0 Å². The fraction of sp³-hybridized carbons (Fsp3) is 0.429. The maximum atomic E-state index is 13.6. The molecule has 2 amide bonds. The Morgan fingerprint density at radius 2 is 1.26 bits per heavy atom. The molecule has 8 heteroatoms. The summed E-state index contributed by atoms with van der Waals surface area (Å²) in [4.78, 5) is 38.9. The third-order valence-electron chi connectivity index (χ3n) is 10.9. The van der Waals surface area contributed by atoms with Gasteiger partial charge in [0.2, 0.25) is 0 Å². The number of likely N-dealkylation sites (tertiary alicyclic amines) is 1. The van der Waals surface area contributed by atoms with E-state index in [0.717, 1.165) is 79.2 Å². The maximum Gasteiger partial charge on any atom is 0.274 e. The van der Waals surface area contributed by atoms with Crippen molar-refractivity contribution in [1.29, 1.82) is 0 Å². The van der Waals surface area contributed by atoms with Crippen LogP contribution in [0.3, 0.4) is 0 Å². The van der Waals surface area contributed by atoms with Gasteiger partial charge >= 0.3 is 0 Å². The first-order chi connectivity index (χ1) is 24.4. The molecule has 3 fully saturated rings. The van der Waals surface area contributed by atoms with E-state index in [2.05, 4.69) is 49.9 Å². The Bertz CT molecular complexity index is 1870. The Morgan fingerprint density at radius 3 is 1.78 bits per heavy atom. The summed E-state index contributed by atoms with van der Waals surface area (Å²) in [6, 6.07) is 15.9. The van der Waals surface area contributed by atoms with Crippen LogP contribution < -0.4 is 16.0 Å². The lowest BCUT2D eigenvalue weighted by molar-refractivity contribution is 0.101. The fourth-order valence-corrected chi connectivity index (χ4v) is 7.52. The van der Waals surface area contributed by atoms with Crippen LogP contribution >= 0.6 is 0 Å². The zero-order valence-corrected chi connectivity index (χ0v) is 29.8. The number of carbonyl (C=O) groups excluding carboxylic acids is 2. The number of benzene rings is 2. The molecular formula is C42H50N6O2. The van der Waals surface area contributed by atoms with Gasteiger partial charge in [0.05, 0.1) is 0 Å². The normalized spacial score (nSPS) is 16.5. The predicted molar refractivity (Wildman–Crippen MR) is 201 cm³/mol. The average Bonchev–Trinajstić information content (AvgIpc) is 3.95. The molecule has 0 radical (unpaired) electrons. The van der Waals surface area contributed by atoms with Crippen LogP contribution in [0.2, 0.25) is 0 Å². The third-order valence-corrected chi connectivity index (χ3v) is 10.9. The van der Waals surface area contributed by atoms with Gasteiger partial charge in [-0.25, -0.2) is 0 Å². The number of carbonyl (C=O) groups is 2. The largest absolute Gasteiger partial charge is 0.320 e. The number of anilines is 2. The van der Waals surface area contributed by atoms with E-state index >= 15 is 0 Å². The number of piperidine rings is 1. The quantitative estimate of drug-likeness (QED) is 0.140. The molecule has 0 spiro atoms. The van der Waals surface area contributed by atoms with Crippen LogP contribution in [0.4, 0.5) is 11.4 Å². The van der Waals surface area contributed by atoms with Gasteiger partial charge in [0.15, 0.2) is 0 Å². The summed E-state index contributed by atoms with van der Waals surface area (Å²) in [7, 11) is 0. The smallest absolute Gasteiger partial charge is 0.274 e. The molecule has 4 aromatic rings. The number of aromatic nitrogens is 2. The fourth-order valence-electron chi connectivity index (χ4n) is 7.52. The van der Waals surface area contributed by atoms with Crippen molar-refractivity contribution in [2.75, 3.05) is 30.3 Å². The van der Waals surface area contributed by atoms with E-state index in [0.29, 0.717) is 23.2 Å². The summed E-state index contributed by atoms with van der Waals surface area (Å²) in [6.07, 6.45) is 13.5. The summed E-state index contributed by atoms with van der Waals surface area (Å²) < 4.78 is 0. The molecule has 1 saturated heterocycles. The second-order valence-electron chi connectivity index (χ2n) is 14.4. The van der Waals surface area contributed by atoms with Gasteiger partial charge in [0, 0.05) is 36.9 Å². The van der Waals surface area contributed by atoms with Crippen molar-refractivity contribution in [3.8, 4) is 11.1 Å². The van der Waals surface area contributed by atoms with E-state index in [1.54, 1.807) is 0 Å². The van der Waals surface area contributed by atoms with Gasteiger partial charge in [0.1, 0.15) is 11.4 Å². The molecule has 2 aromatic carbocycles. The van der Waals surface area contributed by atoms with Crippen LogP contribution in [0.5, 0.6) is 0 Å². The number of amides is 2. The molecule has 7 rings (SSSR count). The van der Waals surface area contributed by atoms with Crippen molar-refractivity contribution in [2.45, 2.75) is 97.1 Å². The minimum absolute atomic E-state index is 0.195. The molecular weight excluding hydrogens is 621 g/mol. The lowest BCUT2D eigenvalue weighted by Crippen LogP contribution is -2.29. The molecule has 260 valence electrons. The van der Waals surface area contributed by atoms with E-state index in [1.807, 2.05) is 62.6 Å². The van der Waals surface area contributed by atoms with Gasteiger partial charge in [-0.2, -0.15) is 0 Å². The highest BCUT2D eigenvalue weighted by Gasteiger charge is 2.29. The van der Waals surface area contributed by atoms with Gasteiger partial charge in [-0.3, -0.25) is 24.5 Å². The number of pyridine rings is 2. The summed E-state index contributed by atoms with van der Waals surface area (Å²) >= 11 is 0. The van der Waals surface area contributed by atoms with E-state index in [9.17, 15) is 9.59 Å². The molecule has 0 atom stereocenters. The molecule has 3 heterocycles. The predicted octanol–water partition coefficient (Wildman–Crippen LogP) is 8.51. The minimum Gasteiger partial charge on any atom is -0.320 e. The first kappa shape index (κ1) is 34.1. The van der Waals surface area contributed by atoms with Crippen LogP contribution in [0, 0.1) is 13.8 Å². The lowest BCUT2D eigenvalue weighted by Gasteiger charge is -2.28. The van der Waals surface area contributed by atoms with Gasteiger partial charge in [-0.05, 0) is 153 Å². The Hall–Kier alpha value is -4.40. The lowest BCUT2D eigenvalue weighted by atomic mass is 9.78. The number of rotatable bonds is 12. The average molecular weight is 671 g/mol. The Labute approximate surface area is 296 Å². The van der Waals surface area contributed by atoms with E-state index in [-0.39, 0.29) is 11.8 Å². The first-order valence-corrected chi connectivity index (χ1v) is 18.6. The van der Waals surface area contributed by atoms with Crippen molar-refractivity contribution in [3.05, 3.63) is 106 Å². The topological polar surface area (TPSA) is 99.2 Å². The zero-order chi connectivity index (χ0) is 34.6. The minimum atomic E-state index is -0.210. The SMILES string of the molecule is CCNCc1cnc(C(=O)Nc2cccc(-c3cccc(NC(=O)c4cc(C5CC5)c(CN5CCCCC5)cn4)c3C)c2C)cc1C1CCC1. The molecule has 2 aromatic heterocycles. The van der Waals surface area contributed by atoms with Crippen LogP contribution in [0.1, 0.15) is 124 Å². The number of nitrogens with zero attached hydrogens (tertiary/aromatic N) is 3. The molecule has 1 aliphatic heterocycles. The van der Waals surface area contributed by atoms with E-state index < -0.39 is 0 Å². The Kier molecular flexibility index (Phi) is 10.4. The van der Waals surface area contributed by atoms with Crippen molar-refractivity contribution < 1.29 is 9.59 Å². The Morgan fingerprint density at radius 1 is 0.720 bits per heavy atom. The zero-order valence-electron chi connectivity index (χ0n) is 29.8. The number of nitrogens with one attached hydrogen (secondary N) is 3. The number of hydrogen-bond donors (Lipinski definition) is 3. The second kappa shape index (κ2) is 15.2. The van der Waals surface area contributed by atoms with Crippen molar-refractivity contribution in [1.82, 2.24) is 20.2 Å². The van der Waals surface area contributed by atoms with Crippen LogP contribution in [0.25, 0.3) is 11.1 Å². The molecule has 2 aliphatic carbocycles. The van der Waals surface area contributed by atoms with E-state index in [1.165, 1.54) is 60.8 Å². The van der Waals surface area contributed by atoms with Crippen molar-refractivity contribution in [3.63, 3.8) is 0 Å². The maximum absolute atomic E-state index is 13.6. The molecule has 3 aliphatic rings. The highest BCUT2D eigenvalue weighted by Crippen LogP contribution is 2.42. The summed E-state index contributed by atoms with van der Waals surface area (Å²) in [5.74, 6) is 0.630. The standard InChI is InChI=1S/C42H50N6O2/c1-4-43-23-31-24-44-39(21-35(31)29-11-8-12-29)41(49)46-37-15-9-13-33(27(37)2)34-14-10-16-38(28(34)3)47-42(50)40-22-36(30-17-18-30)32(25-45-40)26-48-19-6-5-7-20-48/h9-10,13-16,21-22,24-25,29-30,43H,4-8,11-12,17-20,23,26H2,1-3H3,(H,46,49)(H,47,50). The van der Waals surface area contributed by atoms with E-state index in [4.69, 9.17) is 0 Å². The van der Waals surface area contributed by atoms with Crippen LogP contribution in [-0.4, -0.2) is 46.3 Å². The van der Waals surface area contributed by atoms with Crippen LogP contribution in [-0.2, 0) is 13.1 Å². The monoisotopic (exact) mass is 670 g/mol. The molecule has 0 bridgehead atoms. The first-order valence-electron chi connectivity index (χ1n) is 18.6. The van der Waals surface area contributed by atoms with Crippen molar-refractivity contribution in [2.24, 2.45) is 0 Å². The number of hydrogen-bond acceptors (Lipinski definition) is 6. The van der Waals surface area contributed by atoms with Gasteiger partial charge < -0.3 is 16.0 Å². The molecule has 0 unspecified atom stereocenters. The van der Waals surface area contributed by atoms with Gasteiger partial charge in [-0.15, -0.1) is 0 Å². The molecule has 8 nitrogen and oxygen atoms in total. The van der Waals surface area contributed by atoms with Crippen molar-refractivity contribution >= 4 is 23.2 Å². The highest BCUT2D eigenvalue weighted by atomic mass is 16.2. The van der Waals surface area contributed by atoms with Gasteiger partial charge in [0.25, 0.3) is 11.8 Å². The molecule has 50 heavy (non-hydrogen) atoms. The third kappa shape index (κ3) is 7.52. The highest BCUT2D eigenvalue weighted by molar-refractivity contribution is 6.05. The summed E-state index contributed by atoms with van der Waals surface area (Å²) in [5, 5.41) is 9.71. The Balaban J connectivity index is 1.08. The molecule has 3 N–H and O–H groups in total.